The largest absolute Gasteiger partial charge is 0.320 e. The summed E-state index contributed by atoms with van der Waals surface area (Å²) in [6.07, 6.45) is 4.51. The SMILES string of the molecule is NNc1cncc(C(=O)Nc2cccc3ncccc23)n1. The first-order valence-electron chi connectivity index (χ1n) is 6.21. The first-order valence-corrected chi connectivity index (χ1v) is 6.21. The molecule has 0 aliphatic heterocycles. The number of pyridine rings is 1. The fraction of sp³-hybridized carbons (Fsp3) is 0. The van der Waals surface area contributed by atoms with E-state index in [1.807, 2.05) is 24.3 Å². The van der Waals surface area contributed by atoms with Crippen molar-refractivity contribution in [1.82, 2.24) is 15.0 Å². The Balaban J connectivity index is 1.93. The van der Waals surface area contributed by atoms with Gasteiger partial charge < -0.3 is 10.7 Å². The van der Waals surface area contributed by atoms with Gasteiger partial charge in [0.15, 0.2) is 5.82 Å². The van der Waals surface area contributed by atoms with E-state index in [1.165, 1.54) is 12.4 Å². The smallest absolute Gasteiger partial charge is 0.275 e. The molecule has 0 atom stereocenters. The minimum Gasteiger partial charge on any atom is -0.320 e. The van der Waals surface area contributed by atoms with Crippen molar-refractivity contribution in [2.45, 2.75) is 0 Å². The number of aromatic nitrogens is 3. The van der Waals surface area contributed by atoms with E-state index in [2.05, 4.69) is 25.7 Å². The zero-order valence-electron chi connectivity index (χ0n) is 10.9. The van der Waals surface area contributed by atoms with Crippen molar-refractivity contribution in [3.05, 3.63) is 54.6 Å². The van der Waals surface area contributed by atoms with E-state index in [-0.39, 0.29) is 11.6 Å². The number of nitrogens with zero attached hydrogens (tertiary/aromatic N) is 3. The van der Waals surface area contributed by atoms with Crippen molar-refractivity contribution in [2.24, 2.45) is 5.84 Å². The Morgan fingerprint density at radius 3 is 2.90 bits per heavy atom. The van der Waals surface area contributed by atoms with Gasteiger partial charge >= 0.3 is 0 Å². The molecule has 4 N–H and O–H groups in total. The molecule has 0 bridgehead atoms. The summed E-state index contributed by atoms with van der Waals surface area (Å²) in [5.74, 6) is 5.21. The van der Waals surface area contributed by atoms with Crippen molar-refractivity contribution in [3.63, 3.8) is 0 Å². The van der Waals surface area contributed by atoms with Crippen LogP contribution in [0, 0.1) is 0 Å². The highest BCUT2D eigenvalue weighted by atomic mass is 16.1. The first kappa shape index (κ1) is 12.9. The van der Waals surface area contributed by atoms with Gasteiger partial charge in [-0.1, -0.05) is 6.07 Å². The Kier molecular flexibility index (Phi) is 3.40. The van der Waals surface area contributed by atoms with E-state index < -0.39 is 0 Å². The minimum absolute atomic E-state index is 0.173. The fourth-order valence-corrected chi connectivity index (χ4v) is 1.94. The number of carbonyl (C=O) groups is 1. The molecule has 0 saturated heterocycles. The van der Waals surface area contributed by atoms with Crippen LogP contribution in [0.2, 0.25) is 0 Å². The molecule has 0 aliphatic rings. The topological polar surface area (TPSA) is 106 Å². The number of nitrogens with one attached hydrogen (secondary N) is 2. The molecule has 7 heteroatoms. The second-order valence-corrected chi connectivity index (χ2v) is 4.26. The average Bonchev–Trinajstić information content (AvgIpc) is 2.55. The molecule has 7 nitrogen and oxygen atoms in total. The highest BCUT2D eigenvalue weighted by Gasteiger charge is 2.11. The third-order valence-corrected chi connectivity index (χ3v) is 2.91. The van der Waals surface area contributed by atoms with Crippen molar-refractivity contribution in [2.75, 3.05) is 10.7 Å². The van der Waals surface area contributed by atoms with E-state index in [0.717, 1.165) is 10.9 Å². The van der Waals surface area contributed by atoms with Crippen LogP contribution in [0.15, 0.2) is 48.9 Å². The summed E-state index contributed by atoms with van der Waals surface area (Å²) < 4.78 is 0. The fourth-order valence-electron chi connectivity index (χ4n) is 1.94. The van der Waals surface area contributed by atoms with Crippen molar-refractivity contribution in [3.8, 4) is 0 Å². The molecule has 2 heterocycles. The number of anilines is 2. The Labute approximate surface area is 120 Å². The molecule has 0 aliphatic carbocycles. The van der Waals surface area contributed by atoms with Crippen molar-refractivity contribution >= 4 is 28.3 Å². The van der Waals surface area contributed by atoms with Crippen LogP contribution in [0.1, 0.15) is 10.5 Å². The number of hydrogen-bond acceptors (Lipinski definition) is 6. The van der Waals surface area contributed by atoms with Crippen LogP contribution in [-0.2, 0) is 0 Å². The van der Waals surface area contributed by atoms with Gasteiger partial charge in [0.25, 0.3) is 5.91 Å². The third kappa shape index (κ3) is 2.63. The van der Waals surface area contributed by atoms with Crippen LogP contribution in [0.3, 0.4) is 0 Å². The standard InChI is InChI=1S/C14H12N6O/c15-20-13-8-16-7-12(18-13)14(21)19-11-5-1-4-10-9(11)3-2-6-17-10/h1-8H,15H2,(H,18,20)(H,19,21). The number of hydrogen-bond donors (Lipinski definition) is 3. The molecule has 0 spiro atoms. The monoisotopic (exact) mass is 280 g/mol. The number of carbonyl (C=O) groups excluding carboxylic acids is 1. The summed E-state index contributed by atoms with van der Waals surface area (Å²) in [5.41, 5.74) is 3.99. The van der Waals surface area contributed by atoms with Crippen molar-refractivity contribution in [1.29, 1.82) is 0 Å². The van der Waals surface area contributed by atoms with Gasteiger partial charge in [0, 0.05) is 11.6 Å². The van der Waals surface area contributed by atoms with Crippen LogP contribution in [0.25, 0.3) is 10.9 Å². The number of benzene rings is 1. The molecule has 104 valence electrons. The summed E-state index contributed by atoms with van der Waals surface area (Å²) in [7, 11) is 0. The molecule has 3 rings (SSSR count). The highest BCUT2D eigenvalue weighted by molar-refractivity contribution is 6.07. The predicted octanol–water partition coefficient (Wildman–Crippen LogP) is 1.56. The Bertz CT molecular complexity index is 799. The van der Waals surface area contributed by atoms with Crippen LogP contribution >= 0.6 is 0 Å². The van der Waals surface area contributed by atoms with Crippen LogP contribution in [0.5, 0.6) is 0 Å². The second kappa shape index (κ2) is 5.51. The second-order valence-electron chi connectivity index (χ2n) is 4.26. The Morgan fingerprint density at radius 2 is 2.05 bits per heavy atom. The van der Waals surface area contributed by atoms with E-state index in [4.69, 9.17) is 5.84 Å². The van der Waals surface area contributed by atoms with Gasteiger partial charge in [-0.05, 0) is 24.3 Å². The van der Waals surface area contributed by atoms with Gasteiger partial charge in [0.05, 0.1) is 23.6 Å². The summed E-state index contributed by atoms with van der Waals surface area (Å²) in [4.78, 5) is 24.4. The molecule has 0 unspecified atom stereocenters. The maximum atomic E-state index is 12.2. The molecular weight excluding hydrogens is 268 g/mol. The third-order valence-electron chi connectivity index (χ3n) is 2.91. The number of fused-ring (bicyclic) bond motifs is 1. The molecule has 0 saturated carbocycles. The van der Waals surface area contributed by atoms with E-state index in [1.54, 1.807) is 12.3 Å². The summed E-state index contributed by atoms with van der Waals surface area (Å²) in [5, 5.41) is 3.66. The van der Waals surface area contributed by atoms with Gasteiger partial charge in [-0.15, -0.1) is 0 Å². The summed E-state index contributed by atoms with van der Waals surface area (Å²) in [6.45, 7) is 0. The van der Waals surface area contributed by atoms with Gasteiger partial charge in [0.2, 0.25) is 0 Å². The molecule has 2 aromatic heterocycles. The minimum atomic E-state index is -0.365. The van der Waals surface area contributed by atoms with Gasteiger partial charge in [0.1, 0.15) is 5.69 Å². The average molecular weight is 280 g/mol. The van der Waals surface area contributed by atoms with E-state index in [0.29, 0.717) is 11.5 Å². The molecule has 21 heavy (non-hydrogen) atoms. The Morgan fingerprint density at radius 1 is 1.14 bits per heavy atom. The molecule has 3 aromatic rings. The lowest BCUT2D eigenvalue weighted by Crippen LogP contribution is -2.16. The van der Waals surface area contributed by atoms with E-state index >= 15 is 0 Å². The molecule has 0 fully saturated rings. The van der Waals surface area contributed by atoms with Crippen LogP contribution < -0.4 is 16.6 Å². The van der Waals surface area contributed by atoms with Gasteiger partial charge in [-0.2, -0.15) is 0 Å². The molecular formula is C14H12N6O. The maximum absolute atomic E-state index is 12.2. The summed E-state index contributed by atoms with van der Waals surface area (Å²) in [6, 6.07) is 9.22. The number of rotatable bonds is 3. The van der Waals surface area contributed by atoms with Crippen molar-refractivity contribution < 1.29 is 4.79 Å². The zero-order valence-corrected chi connectivity index (χ0v) is 10.9. The lowest BCUT2D eigenvalue weighted by atomic mass is 10.2. The number of nitrogen functional groups attached to an aromatic ring is 1. The normalized spacial score (nSPS) is 10.3. The first-order chi connectivity index (χ1) is 10.3. The number of amides is 1. The highest BCUT2D eigenvalue weighted by Crippen LogP contribution is 2.21. The lowest BCUT2D eigenvalue weighted by molar-refractivity contribution is 0.102. The summed E-state index contributed by atoms with van der Waals surface area (Å²) >= 11 is 0. The number of hydrazine groups is 1. The van der Waals surface area contributed by atoms with Crippen LogP contribution in [-0.4, -0.2) is 20.9 Å². The quantitative estimate of drug-likeness (QED) is 0.496. The van der Waals surface area contributed by atoms with E-state index in [9.17, 15) is 4.79 Å². The van der Waals surface area contributed by atoms with Crippen LogP contribution in [0.4, 0.5) is 11.5 Å². The predicted molar refractivity (Wildman–Crippen MR) is 79.5 cm³/mol. The molecule has 1 aromatic carbocycles. The lowest BCUT2D eigenvalue weighted by Gasteiger charge is -2.08. The number of nitrogens with two attached hydrogens (primary N) is 1. The maximum Gasteiger partial charge on any atom is 0.275 e. The zero-order chi connectivity index (χ0) is 14.7. The van der Waals surface area contributed by atoms with Gasteiger partial charge in [-0.25, -0.2) is 10.8 Å². The molecule has 1 amide bonds. The molecule has 0 radical (unpaired) electrons. The Hall–Kier alpha value is -3.06. The van der Waals surface area contributed by atoms with Gasteiger partial charge in [-0.3, -0.25) is 14.8 Å².